The van der Waals surface area contributed by atoms with Crippen LogP contribution in [0.25, 0.3) is 0 Å². The summed E-state index contributed by atoms with van der Waals surface area (Å²) < 4.78 is 1.79. The molecule has 5 heteroatoms. The first-order chi connectivity index (χ1) is 10.2. The number of nitrogens with zero attached hydrogens (tertiary/aromatic N) is 3. The van der Waals surface area contributed by atoms with Crippen LogP contribution in [0.15, 0.2) is 47.6 Å². The lowest BCUT2D eigenvalue weighted by Crippen LogP contribution is -2.41. The molecule has 4 nitrogen and oxygen atoms in total. The van der Waals surface area contributed by atoms with E-state index >= 15 is 0 Å². The molecule has 1 N–H and O–H groups in total. The van der Waals surface area contributed by atoms with Gasteiger partial charge in [-0.3, -0.25) is 10.00 Å². The van der Waals surface area contributed by atoms with Crippen molar-refractivity contribution in [3.63, 3.8) is 0 Å². The first-order valence-electron chi connectivity index (χ1n) is 7.03. The van der Waals surface area contributed by atoms with E-state index in [0.29, 0.717) is 0 Å². The van der Waals surface area contributed by atoms with E-state index in [0.717, 1.165) is 29.2 Å². The first kappa shape index (κ1) is 15.6. The summed E-state index contributed by atoms with van der Waals surface area (Å²) in [4.78, 5) is 1.13. The second-order valence-electron chi connectivity index (χ2n) is 4.86. The Bertz CT molecular complexity index is 602. The topological polar surface area (TPSA) is 53.6 Å². The fraction of sp³-hybridized carbons (Fsp3) is 0.375. The summed E-state index contributed by atoms with van der Waals surface area (Å²) in [5.41, 5.74) is 0.409. The molecule has 0 aliphatic heterocycles. The van der Waals surface area contributed by atoms with Gasteiger partial charge in [0.2, 0.25) is 0 Å². The summed E-state index contributed by atoms with van der Waals surface area (Å²) >= 11 is 1.73. The van der Waals surface area contributed by atoms with Crippen LogP contribution in [-0.2, 0) is 12.6 Å². The van der Waals surface area contributed by atoms with Crippen LogP contribution < -0.4 is 5.32 Å². The van der Waals surface area contributed by atoms with Crippen LogP contribution in [0.1, 0.15) is 18.9 Å². The van der Waals surface area contributed by atoms with Crippen LogP contribution in [0.2, 0.25) is 0 Å². The van der Waals surface area contributed by atoms with Crippen LogP contribution in [0.4, 0.5) is 0 Å². The van der Waals surface area contributed by atoms with E-state index in [1.807, 2.05) is 56.7 Å². The minimum absolute atomic E-state index is 0.620. The Morgan fingerprint density at radius 1 is 1.38 bits per heavy atom. The average molecular weight is 300 g/mol. The third kappa shape index (κ3) is 3.87. The number of nitrogens with one attached hydrogen (secondary N) is 1. The molecule has 2 rings (SSSR count). The molecule has 1 aromatic carbocycles. The molecule has 1 unspecified atom stereocenters. The number of aromatic nitrogens is 2. The molecular formula is C16H20N4S. The van der Waals surface area contributed by atoms with Crippen LogP contribution in [-0.4, -0.2) is 22.1 Å². The highest BCUT2D eigenvalue weighted by molar-refractivity contribution is 7.99. The summed E-state index contributed by atoms with van der Waals surface area (Å²) in [5.74, 6) is 0.862. The summed E-state index contributed by atoms with van der Waals surface area (Å²) in [6.07, 6.45) is 4.60. The van der Waals surface area contributed by atoms with Gasteiger partial charge in [0, 0.05) is 23.9 Å². The predicted molar refractivity (Wildman–Crippen MR) is 86.0 cm³/mol. The molecule has 0 saturated carbocycles. The molecule has 0 aliphatic rings. The molecule has 110 valence electrons. The fourth-order valence-corrected chi connectivity index (χ4v) is 3.31. The van der Waals surface area contributed by atoms with Crippen molar-refractivity contribution >= 4 is 11.8 Å². The van der Waals surface area contributed by atoms with Gasteiger partial charge in [-0.15, -0.1) is 11.8 Å². The Labute approximate surface area is 130 Å². The van der Waals surface area contributed by atoms with Crippen molar-refractivity contribution < 1.29 is 0 Å². The second-order valence-corrected chi connectivity index (χ2v) is 6.03. The molecular weight excluding hydrogens is 280 g/mol. The Kier molecular flexibility index (Phi) is 5.43. The molecule has 2 aromatic rings. The second kappa shape index (κ2) is 7.30. The standard InChI is InChI=1S/C16H20N4S/c1-3-18-16(13-17,14-7-5-4-6-8-14)9-10-21-15-11-19-20(2)12-15/h4-8,11-12,18H,3,9-10H2,1-2H3. The Hall–Kier alpha value is -1.77. The number of benzene rings is 1. The highest BCUT2D eigenvalue weighted by Gasteiger charge is 2.30. The Morgan fingerprint density at radius 3 is 2.71 bits per heavy atom. The summed E-state index contributed by atoms with van der Waals surface area (Å²) in [6.45, 7) is 2.79. The lowest BCUT2D eigenvalue weighted by atomic mass is 9.88. The van der Waals surface area contributed by atoms with E-state index in [-0.39, 0.29) is 0 Å². The van der Waals surface area contributed by atoms with Gasteiger partial charge >= 0.3 is 0 Å². The predicted octanol–water partition coefficient (Wildman–Crippen LogP) is 2.93. The number of nitriles is 1. The van der Waals surface area contributed by atoms with Crippen LogP contribution >= 0.6 is 11.8 Å². The van der Waals surface area contributed by atoms with Crippen molar-refractivity contribution in [3.8, 4) is 6.07 Å². The number of hydrogen-bond acceptors (Lipinski definition) is 4. The molecule has 1 atom stereocenters. The highest BCUT2D eigenvalue weighted by atomic mass is 32.2. The number of rotatable bonds is 7. The summed E-state index contributed by atoms with van der Waals surface area (Å²) in [7, 11) is 1.91. The van der Waals surface area contributed by atoms with Crippen molar-refractivity contribution in [2.24, 2.45) is 7.05 Å². The van der Waals surface area contributed by atoms with Gasteiger partial charge in [0.1, 0.15) is 5.54 Å². The van der Waals surface area contributed by atoms with Crippen molar-refractivity contribution in [2.45, 2.75) is 23.8 Å². The first-order valence-corrected chi connectivity index (χ1v) is 8.02. The minimum Gasteiger partial charge on any atom is -0.296 e. The van der Waals surface area contributed by atoms with Gasteiger partial charge in [0.25, 0.3) is 0 Å². The smallest absolute Gasteiger partial charge is 0.133 e. The van der Waals surface area contributed by atoms with Gasteiger partial charge < -0.3 is 0 Å². The molecule has 1 heterocycles. The minimum atomic E-state index is -0.620. The van der Waals surface area contributed by atoms with Crippen molar-refractivity contribution in [1.82, 2.24) is 15.1 Å². The third-order valence-corrected chi connectivity index (χ3v) is 4.32. The fourth-order valence-electron chi connectivity index (χ4n) is 2.31. The zero-order valence-electron chi connectivity index (χ0n) is 12.4. The van der Waals surface area contributed by atoms with Crippen molar-refractivity contribution in [2.75, 3.05) is 12.3 Å². The lowest BCUT2D eigenvalue weighted by molar-refractivity contribution is 0.428. The zero-order chi connectivity index (χ0) is 15.1. The molecule has 0 aliphatic carbocycles. The van der Waals surface area contributed by atoms with Gasteiger partial charge in [-0.2, -0.15) is 10.4 Å². The van der Waals surface area contributed by atoms with E-state index in [9.17, 15) is 5.26 Å². The van der Waals surface area contributed by atoms with Crippen molar-refractivity contribution in [1.29, 1.82) is 5.26 Å². The molecule has 0 radical (unpaired) electrons. The normalized spacial score (nSPS) is 13.6. The lowest BCUT2D eigenvalue weighted by Gasteiger charge is -2.28. The van der Waals surface area contributed by atoms with Crippen LogP contribution in [0.5, 0.6) is 0 Å². The summed E-state index contributed by atoms with van der Waals surface area (Å²) in [6, 6.07) is 12.4. The van der Waals surface area contributed by atoms with Gasteiger partial charge in [0.15, 0.2) is 0 Å². The van der Waals surface area contributed by atoms with Gasteiger partial charge in [0.05, 0.1) is 12.3 Å². The van der Waals surface area contributed by atoms with E-state index in [1.165, 1.54) is 0 Å². The zero-order valence-corrected chi connectivity index (χ0v) is 13.2. The number of hydrogen-bond donors (Lipinski definition) is 1. The monoisotopic (exact) mass is 300 g/mol. The molecule has 21 heavy (non-hydrogen) atoms. The maximum atomic E-state index is 9.72. The number of thioether (sulfide) groups is 1. The van der Waals surface area contributed by atoms with Gasteiger partial charge in [-0.05, 0) is 18.5 Å². The summed E-state index contributed by atoms with van der Waals surface area (Å²) in [5, 5.41) is 17.2. The molecule has 0 amide bonds. The van der Waals surface area contributed by atoms with E-state index in [4.69, 9.17) is 0 Å². The maximum absolute atomic E-state index is 9.72. The maximum Gasteiger partial charge on any atom is 0.133 e. The van der Waals surface area contributed by atoms with Gasteiger partial charge in [-0.25, -0.2) is 0 Å². The number of aryl methyl sites for hydroxylation is 1. The molecule has 0 spiro atoms. The largest absolute Gasteiger partial charge is 0.296 e. The van der Waals surface area contributed by atoms with E-state index in [1.54, 1.807) is 16.4 Å². The molecule has 1 aromatic heterocycles. The average Bonchev–Trinajstić information content (AvgIpc) is 2.93. The Balaban J connectivity index is 2.08. The molecule has 0 bridgehead atoms. The van der Waals surface area contributed by atoms with E-state index in [2.05, 4.69) is 16.5 Å². The van der Waals surface area contributed by atoms with Crippen LogP contribution in [0, 0.1) is 11.3 Å². The SMILES string of the molecule is CCNC(C#N)(CCSc1cnn(C)c1)c1ccccc1. The van der Waals surface area contributed by atoms with Crippen molar-refractivity contribution in [3.05, 3.63) is 48.3 Å². The van der Waals surface area contributed by atoms with Gasteiger partial charge in [-0.1, -0.05) is 37.3 Å². The molecule has 0 saturated heterocycles. The van der Waals surface area contributed by atoms with E-state index < -0.39 is 5.54 Å². The third-order valence-electron chi connectivity index (χ3n) is 3.36. The highest BCUT2D eigenvalue weighted by Crippen LogP contribution is 2.28. The Morgan fingerprint density at radius 2 is 2.14 bits per heavy atom. The molecule has 0 fully saturated rings. The quantitative estimate of drug-likeness (QED) is 0.799. The van der Waals surface area contributed by atoms with Crippen LogP contribution in [0.3, 0.4) is 0 Å².